The molecule has 0 fully saturated rings. The summed E-state index contributed by atoms with van der Waals surface area (Å²) in [7, 11) is -2.16. The molecule has 2 aliphatic rings. The molecule has 0 unspecified atom stereocenters. The zero-order chi connectivity index (χ0) is 46.8. The van der Waals surface area contributed by atoms with Crippen LogP contribution in [0.15, 0.2) is 108 Å². The van der Waals surface area contributed by atoms with Crippen LogP contribution >= 0.6 is 0 Å². The van der Waals surface area contributed by atoms with E-state index in [1.807, 2.05) is 55.1 Å². The zero-order valence-corrected chi connectivity index (χ0v) is 43.4. The number of fused-ring (bicyclic) bond motifs is 2. The molecule has 338 valence electrons. The molecule has 0 aliphatic heterocycles. The van der Waals surface area contributed by atoms with Crippen molar-refractivity contribution in [3.05, 3.63) is 153 Å². The van der Waals surface area contributed by atoms with Crippen molar-refractivity contribution in [3.8, 4) is 17.2 Å². The third kappa shape index (κ3) is 11.0. The van der Waals surface area contributed by atoms with Crippen LogP contribution in [0.2, 0.25) is 36.3 Å². The first-order valence-electron chi connectivity index (χ1n) is 23.0. The van der Waals surface area contributed by atoms with Crippen molar-refractivity contribution >= 4 is 45.3 Å². The van der Waals surface area contributed by atoms with Gasteiger partial charge < -0.3 is 13.6 Å². The average Bonchev–Trinajstić information content (AvgIpc) is 3.22. The highest BCUT2D eigenvalue weighted by Gasteiger charge is 2.40. The van der Waals surface area contributed by atoms with Crippen LogP contribution in [-0.2, 0) is 12.8 Å². The fourth-order valence-electron chi connectivity index (χ4n) is 7.69. The quantitative estimate of drug-likeness (QED) is 0.138. The second kappa shape index (κ2) is 19.1. The molecule has 0 saturated carbocycles. The minimum atomic E-state index is -1.98. The van der Waals surface area contributed by atoms with Gasteiger partial charge in [0.25, 0.3) is 5.91 Å². The van der Waals surface area contributed by atoms with Crippen molar-refractivity contribution in [3.63, 3.8) is 0 Å². The van der Waals surface area contributed by atoms with Crippen LogP contribution in [0.5, 0.6) is 17.2 Å². The van der Waals surface area contributed by atoms with Crippen molar-refractivity contribution in [2.24, 2.45) is 4.99 Å². The lowest BCUT2D eigenvalue weighted by molar-refractivity contribution is 0.0997. The number of methoxy groups -OCH3 is 1. The van der Waals surface area contributed by atoms with Gasteiger partial charge in [-0.15, -0.1) is 0 Å². The standard InChI is InChI=1S/C33H41NO3Si.C23H31NOSi/c1-22-13-18-28-25(19-22)11-10-12-30(28)34(32(35)29-20-23(2)24(3)21-31(29)36-7)26-14-16-27(17-15-26)37-38(8,9)33(4,5)6;1-17-10-15-21-18(16-17)8-7-9-22(21)24-19-11-13-20(14-12-19)25-26(5,6)23(2,3)4/h12-21H,10-11H2,1-9H3;10-16H,7-9H2,1-6H3. The number of hydrogen-bond acceptors (Lipinski definition) is 5. The SMILES string of the molecule is COc1cc(C)c(C)cc1C(=O)N(C1=CCCc2cc(C)ccc21)c1ccc(O[Si](C)(C)C(C)(C)C)cc1.Cc1ccc2c(c1)CCCC2=Nc1ccc(O[Si](C)(C)C(C)(C)C)cc1. The highest BCUT2D eigenvalue weighted by molar-refractivity contribution is 6.75. The molecular formula is C56H72N2O4Si2. The minimum Gasteiger partial charge on any atom is -0.544 e. The maximum absolute atomic E-state index is 14.4. The molecule has 0 radical (unpaired) electrons. The van der Waals surface area contributed by atoms with E-state index in [4.69, 9.17) is 18.6 Å². The number of amides is 1. The number of ether oxygens (including phenoxy) is 1. The van der Waals surface area contributed by atoms with Crippen LogP contribution in [0, 0.1) is 27.7 Å². The molecule has 0 N–H and O–H groups in total. The second-order valence-corrected chi connectivity index (χ2v) is 30.3. The number of benzene rings is 5. The fourth-order valence-corrected chi connectivity index (χ4v) is 9.75. The summed E-state index contributed by atoms with van der Waals surface area (Å²) in [6.07, 6.45) is 7.43. The van der Waals surface area contributed by atoms with Gasteiger partial charge in [0.1, 0.15) is 17.2 Å². The molecule has 0 saturated heterocycles. The van der Waals surface area contributed by atoms with Crippen molar-refractivity contribution in [2.45, 2.75) is 138 Å². The monoisotopic (exact) mass is 893 g/mol. The molecule has 0 aromatic heterocycles. The van der Waals surface area contributed by atoms with Crippen LogP contribution in [0.25, 0.3) is 5.70 Å². The molecule has 5 aromatic rings. The van der Waals surface area contributed by atoms with Crippen LogP contribution in [-0.4, -0.2) is 35.4 Å². The molecule has 64 heavy (non-hydrogen) atoms. The van der Waals surface area contributed by atoms with Gasteiger partial charge in [0.15, 0.2) is 0 Å². The summed E-state index contributed by atoms with van der Waals surface area (Å²) in [4.78, 5) is 21.2. The molecule has 0 heterocycles. The lowest BCUT2D eigenvalue weighted by atomic mass is 9.89. The number of hydrogen-bond donors (Lipinski definition) is 0. The van der Waals surface area contributed by atoms with Crippen LogP contribution in [0.4, 0.5) is 11.4 Å². The van der Waals surface area contributed by atoms with E-state index in [0.29, 0.717) is 11.3 Å². The van der Waals surface area contributed by atoms with Gasteiger partial charge in [-0.25, -0.2) is 0 Å². The zero-order valence-electron chi connectivity index (χ0n) is 41.4. The third-order valence-electron chi connectivity index (χ3n) is 13.8. The Morgan fingerprint density at radius 3 is 1.69 bits per heavy atom. The van der Waals surface area contributed by atoms with Crippen molar-refractivity contribution in [1.82, 2.24) is 0 Å². The highest BCUT2D eigenvalue weighted by Crippen LogP contribution is 2.41. The van der Waals surface area contributed by atoms with Gasteiger partial charge in [0, 0.05) is 17.0 Å². The summed E-state index contributed by atoms with van der Waals surface area (Å²) in [6.45, 7) is 30.9. The van der Waals surface area contributed by atoms with Crippen LogP contribution in [0.3, 0.4) is 0 Å². The number of anilines is 1. The Morgan fingerprint density at radius 2 is 1.14 bits per heavy atom. The lowest BCUT2D eigenvalue weighted by Crippen LogP contribution is -2.43. The molecule has 0 bridgehead atoms. The van der Waals surface area contributed by atoms with E-state index in [9.17, 15) is 4.79 Å². The lowest BCUT2D eigenvalue weighted by Gasteiger charge is -2.36. The van der Waals surface area contributed by atoms with E-state index in [0.717, 1.165) is 70.9 Å². The highest BCUT2D eigenvalue weighted by atomic mass is 28.4. The topological polar surface area (TPSA) is 60.4 Å². The van der Waals surface area contributed by atoms with E-state index in [-0.39, 0.29) is 16.0 Å². The Bertz CT molecular complexity index is 2540. The number of aliphatic imine (C=N–C) groups is 1. The van der Waals surface area contributed by atoms with Gasteiger partial charge in [0.05, 0.1) is 24.1 Å². The first kappa shape index (κ1) is 48.3. The van der Waals surface area contributed by atoms with Gasteiger partial charge >= 0.3 is 0 Å². The molecule has 7 rings (SSSR count). The van der Waals surface area contributed by atoms with Gasteiger partial charge in [-0.2, -0.15) is 0 Å². The van der Waals surface area contributed by atoms with E-state index in [2.05, 4.69) is 148 Å². The summed E-state index contributed by atoms with van der Waals surface area (Å²) in [5, 5.41) is 0.304. The number of carbonyl (C=O) groups is 1. The second-order valence-electron chi connectivity index (χ2n) is 20.9. The van der Waals surface area contributed by atoms with Crippen molar-refractivity contribution in [1.29, 1.82) is 0 Å². The Balaban J connectivity index is 0.000000228. The maximum Gasteiger partial charge on any atom is 0.266 e. The van der Waals surface area contributed by atoms with E-state index >= 15 is 0 Å². The number of allylic oxidation sites excluding steroid dienone is 1. The number of aryl methyl sites for hydroxylation is 6. The Hall–Kier alpha value is -5.19. The molecule has 8 heteroatoms. The van der Waals surface area contributed by atoms with E-state index in [1.54, 1.807) is 7.11 Å². The summed E-state index contributed by atoms with van der Waals surface area (Å²) in [5.74, 6) is 2.27. The Labute approximate surface area is 387 Å². The maximum atomic E-state index is 14.4. The largest absolute Gasteiger partial charge is 0.544 e. The summed E-state index contributed by atoms with van der Waals surface area (Å²) < 4.78 is 18.6. The molecule has 1 amide bonds. The van der Waals surface area contributed by atoms with E-state index < -0.39 is 16.6 Å². The smallest absolute Gasteiger partial charge is 0.266 e. The molecule has 2 aliphatic carbocycles. The van der Waals surface area contributed by atoms with Gasteiger partial charge in [0.2, 0.25) is 16.6 Å². The molecular weight excluding hydrogens is 821 g/mol. The Morgan fingerprint density at radius 1 is 0.625 bits per heavy atom. The Kier molecular flexibility index (Phi) is 14.4. The number of carbonyl (C=O) groups excluding carboxylic acids is 1. The van der Waals surface area contributed by atoms with E-state index in [1.165, 1.54) is 39.9 Å². The first-order valence-corrected chi connectivity index (χ1v) is 28.8. The van der Waals surface area contributed by atoms with Gasteiger partial charge in [-0.3, -0.25) is 14.7 Å². The predicted octanol–water partition coefficient (Wildman–Crippen LogP) is 15.5. The normalized spacial score (nSPS) is 14.7. The summed E-state index contributed by atoms with van der Waals surface area (Å²) >= 11 is 0. The van der Waals surface area contributed by atoms with Gasteiger partial charge in [-0.05, 0) is 185 Å². The summed E-state index contributed by atoms with van der Waals surface area (Å²) in [5.41, 5.74) is 14.3. The molecule has 6 nitrogen and oxygen atoms in total. The predicted molar refractivity (Wildman–Crippen MR) is 276 cm³/mol. The fraction of sp³-hybridized carbons (Fsp3) is 0.393. The molecule has 0 atom stereocenters. The number of rotatable bonds is 9. The number of nitrogens with zero attached hydrogens (tertiary/aromatic N) is 2. The van der Waals surface area contributed by atoms with Crippen molar-refractivity contribution < 1.29 is 18.4 Å². The molecule has 0 spiro atoms. The summed E-state index contributed by atoms with van der Waals surface area (Å²) in [6, 6.07) is 33.4. The average molecular weight is 893 g/mol. The minimum absolute atomic E-state index is 0.0995. The molecule has 5 aromatic carbocycles. The third-order valence-corrected chi connectivity index (χ3v) is 22.5. The van der Waals surface area contributed by atoms with Crippen molar-refractivity contribution in [2.75, 3.05) is 12.0 Å². The van der Waals surface area contributed by atoms with Gasteiger partial charge in [-0.1, -0.05) is 95.1 Å². The van der Waals surface area contributed by atoms with Crippen LogP contribution in [0.1, 0.15) is 116 Å². The van der Waals surface area contributed by atoms with Crippen LogP contribution < -0.4 is 18.5 Å². The first-order chi connectivity index (χ1) is 30.0.